The SMILES string of the molecule is N#Cc1ccc(C2Nc3ccccc3-c3cc(-c4ccccc4)nn32)cc1. The standard InChI is InChI=1S/C23H16N4/c24-15-16-10-12-18(13-11-16)23-25-20-9-5-4-8-19(20)22-14-21(26-27(22)23)17-6-2-1-3-7-17/h1-14,23,25H. The first-order valence-electron chi connectivity index (χ1n) is 8.84. The molecule has 27 heavy (non-hydrogen) atoms. The summed E-state index contributed by atoms with van der Waals surface area (Å²) in [5.74, 6) is 0. The van der Waals surface area contributed by atoms with Gasteiger partial charge in [0.05, 0.1) is 23.0 Å². The third kappa shape index (κ3) is 2.57. The van der Waals surface area contributed by atoms with Gasteiger partial charge in [0.1, 0.15) is 6.17 Å². The first-order valence-corrected chi connectivity index (χ1v) is 8.84. The third-order valence-electron chi connectivity index (χ3n) is 4.90. The van der Waals surface area contributed by atoms with Gasteiger partial charge in [-0.1, -0.05) is 60.7 Å². The summed E-state index contributed by atoms with van der Waals surface area (Å²) in [6.45, 7) is 0. The summed E-state index contributed by atoms with van der Waals surface area (Å²) in [6, 6.07) is 30.5. The maximum Gasteiger partial charge on any atom is 0.147 e. The van der Waals surface area contributed by atoms with Crippen molar-refractivity contribution in [1.82, 2.24) is 9.78 Å². The molecular formula is C23H16N4. The fraction of sp³-hybridized carbons (Fsp3) is 0.0435. The lowest BCUT2D eigenvalue weighted by Crippen LogP contribution is -2.25. The number of nitrogens with one attached hydrogen (secondary N) is 1. The zero-order valence-corrected chi connectivity index (χ0v) is 14.5. The van der Waals surface area contributed by atoms with Crippen LogP contribution in [0.2, 0.25) is 0 Å². The highest BCUT2D eigenvalue weighted by Gasteiger charge is 2.27. The van der Waals surface area contributed by atoms with E-state index in [-0.39, 0.29) is 6.17 Å². The van der Waals surface area contributed by atoms with E-state index in [1.165, 1.54) is 0 Å². The predicted molar refractivity (Wildman–Crippen MR) is 106 cm³/mol. The first kappa shape index (κ1) is 15.4. The minimum absolute atomic E-state index is 0.125. The molecule has 0 radical (unpaired) electrons. The Hall–Kier alpha value is -3.84. The van der Waals surface area contributed by atoms with Crippen LogP contribution in [0.5, 0.6) is 0 Å². The fourth-order valence-electron chi connectivity index (χ4n) is 3.55. The van der Waals surface area contributed by atoms with Crippen molar-refractivity contribution >= 4 is 5.69 Å². The molecule has 0 saturated heterocycles. The number of hydrogen-bond donors (Lipinski definition) is 1. The van der Waals surface area contributed by atoms with E-state index in [1.807, 2.05) is 59.3 Å². The van der Waals surface area contributed by atoms with Crippen LogP contribution in [-0.4, -0.2) is 9.78 Å². The predicted octanol–water partition coefficient (Wildman–Crippen LogP) is 5.06. The van der Waals surface area contributed by atoms with E-state index in [2.05, 4.69) is 41.7 Å². The smallest absolute Gasteiger partial charge is 0.147 e. The molecule has 0 bridgehead atoms. The molecule has 1 unspecified atom stereocenters. The van der Waals surface area contributed by atoms with E-state index >= 15 is 0 Å². The van der Waals surface area contributed by atoms with Gasteiger partial charge < -0.3 is 5.32 Å². The van der Waals surface area contributed by atoms with Gasteiger partial charge in [0.15, 0.2) is 0 Å². The van der Waals surface area contributed by atoms with Crippen LogP contribution in [0.4, 0.5) is 5.69 Å². The molecule has 0 amide bonds. The summed E-state index contributed by atoms with van der Waals surface area (Å²) >= 11 is 0. The van der Waals surface area contributed by atoms with Gasteiger partial charge in [-0.25, -0.2) is 4.68 Å². The number of anilines is 1. The van der Waals surface area contributed by atoms with Crippen molar-refractivity contribution in [2.24, 2.45) is 0 Å². The summed E-state index contributed by atoms with van der Waals surface area (Å²) in [5.41, 5.74) is 7.06. The average Bonchev–Trinajstić information content (AvgIpc) is 3.20. The van der Waals surface area contributed by atoms with Crippen molar-refractivity contribution in [3.05, 3.63) is 96.1 Å². The van der Waals surface area contributed by atoms with Gasteiger partial charge in [0, 0.05) is 16.8 Å². The van der Waals surface area contributed by atoms with Crippen LogP contribution >= 0.6 is 0 Å². The second kappa shape index (κ2) is 6.15. The van der Waals surface area contributed by atoms with E-state index in [0.717, 1.165) is 33.8 Å². The molecule has 1 aliphatic rings. The number of nitrogens with zero attached hydrogens (tertiary/aromatic N) is 3. The second-order valence-electron chi connectivity index (χ2n) is 6.55. The molecule has 0 spiro atoms. The molecular weight excluding hydrogens is 332 g/mol. The summed E-state index contributed by atoms with van der Waals surface area (Å²) in [5, 5.41) is 17.6. The summed E-state index contributed by atoms with van der Waals surface area (Å²) in [4.78, 5) is 0. The van der Waals surface area contributed by atoms with Crippen LogP contribution in [0.3, 0.4) is 0 Å². The topological polar surface area (TPSA) is 53.6 Å². The fourth-order valence-corrected chi connectivity index (χ4v) is 3.55. The molecule has 4 nitrogen and oxygen atoms in total. The number of nitriles is 1. The lowest BCUT2D eigenvalue weighted by molar-refractivity contribution is 0.577. The van der Waals surface area contributed by atoms with E-state index in [0.29, 0.717) is 5.56 Å². The molecule has 4 aromatic rings. The average molecular weight is 348 g/mol. The van der Waals surface area contributed by atoms with Crippen LogP contribution in [-0.2, 0) is 0 Å². The highest BCUT2D eigenvalue weighted by atomic mass is 15.4. The Balaban J connectivity index is 1.68. The van der Waals surface area contributed by atoms with E-state index in [4.69, 9.17) is 10.4 Å². The minimum Gasteiger partial charge on any atom is -0.359 e. The number of aromatic nitrogens is 2. The summed E-state index contributed by atoms with van der Waals surface area (Å²) < 4.78 is 2.03. The highest BCUT2D eigenvalue weighted by Crippen LogP contribution is 2.39. The molecule has 5 rings (SSSR count). The molecule has 1 N–H and O–H groups in total. The van der Waals surface area contributed by atoms with Crippen LogP contribution < -0.4 is 5.32 Å². The van der Waals surface area contributed by atoms with Crippen LogP contribution in [0.1, 0.15) is 17.3 Å². The Kier molecular flexibility index (Phi) is 3.51. The Bertz CT molecular complexity index is 1150. The van der Waals surface area contributed by atoms with Gasteiger partial charge in [-0.3, -0.25) is 0 Å². The first-order chi connectivity index (χ1) is 13.3. The molecule has 3 aromatic carbocycles. The van der Waals surface area contributed by atoms with Crippen LogP contribution in [0, 0.1) is 11.3 Å². The van der Waals surface area contributed by atoms with E-state index < -0.39 is 0 Å². The van der Waals surface area contributed by atoms with E-state index in [1.54, 1.807) is 0 Å². The molecule has 128 valence electrons. The van der Waals surface area contributed by atoms with Gasteiger partial charge in [-0.2, -0.15) is 10.4 Å². The molecule has 2 heterocycles. The van der Waals surface area contributed by atoms with Crippen molar-refractivity contribution in [3.8, 4) is 28.6 Å². The van der Waals surface area contributed by atoms with Gasteiger partial charge in [0.25, 0.3) is 0 Å². The molecule has 1 aromatic heterocycles. The minimum atomic E-state index is -0.125. The van der Waals surface area contributed by atoms with Gasteiger partial charge in [-0.05, 0) is 29.8 Å². The van der Waals surface area contributed by atoms with Gasteiger partial charge in [-0.15, -0.1) is 0 Å². The number of rotatable bonds is 2. The zero-order valence-electron chi connectivity index (χ0n) is 14.5. The zero-order chi connectivity index (χ0) is 18.2. The number of benzene rings is 3. The monoisotopic (exact) mass is 348 g/mol. The molecule has 0 aliphatic carbocycles. The summed E-state index contributed by atoms with van der Waals surface area (Å²) in [7, 11) is 0. The Labute approximate surface area is 157 Å². The Morgan fingerprint density at radius 1 is 0.889 bits per heavy atom. The normalized spacial score (nSPS) is 14.6. The van der Waals surface area contributed by atoms with Crippen molar-refractivity contribution in [2.45, 2.75) is 6.17 Å². The number of para-hydroxylation sites is 1. The maximum absolute atomic E-state index is 9.07. The lowest BCUT2D eigenvalue weighted by atomic mass is 10.0. The maximum atomic E-state index is 9.07. The molecule has 0 saturated carbocycles. The summed E-state index contributed by atoms with van der Waals surface area (Å²) in [6.07, 6.45) is -0.125. The van der Waals surface area contributed by atoms with Crippen LogP contribution in [0.15, 0.2) is 84.9 Å². The Morgan fingerprint density at radius 2 is 1.63 bits per heavy atom. The lowest BCUT2D eigenvalue weighted by Gasteiger charge is -2.29. The molecule has 1 atom stereocenters. The highest BCUT2D eigenvalue weighted by molar-refractivity contribution is 5.81. The van der Waals surface area contributed by atoms with E-state index in [9.17, 15) is 0 Å². The van der Waals surface area contributed by atoms with Crippen molar-refractivity contribution in [2.75, 3.05) is 5.32 Å². The largest absolute Gasteiger partial charge is 0.359 e. The van der Waals surface area contributed by atoms with Crippen molar-refractivity contribution in [3.63, 3.8) is 0 Å². The van der Waals surface area contributed by atoms with Gasteiger partial charge >= 0.3 is 0 Å². The van der Waals surface area contributed by atoms with Crippen molar-refractivity contribution < 1.29 is 0 Å². The number of hydrogen-bond acceptors (Lipinski definition) is 3. The Morgan fingerprint density at radius 3 is 2.41 bits per heavy atom. The number of fused-ring (bicyclic) bond motifs is 3. The van der Waals surface area contributed by atoms with Gasteiger partial charge in [0.2, 0.25) is 0 Å². The van der Waals surface area contributed by atoms with Crippen LogP contribution in [0.25, 0.3) is 22.5 Å². The quantitative estimate of drug-likeness (QED) is 0.551. The molecule has 1 aliphatic heterocycles. The van der Waals surface area contributed by atoms with Crippen molar-refractivity contribution in [1.29, 1.82) is 5.26 Å². The third-order valence-corrected chi connectivity index (χ3v) is 4.90. The molecule has 4 heteroatoms. The second-order valence-corrected chi connectivity index (χ2v) is 6.55. The molecule has 0 fully saturated rings.